The van der Waals surface area contributed by atoms with Crippen LogP contribution < -0.4 is 14.8 Å². The van der Waals surface area contributed by atoms with E-state index in [9.17, 15) is 14.4 Å². The quantitative estimate of drug-likeness (QED) is 0.548. The van der Waals surface area contributed by atoms with Crippen LogP contribution in [0.15, 0.2) is 65.0 Å². The van der Waals surface area contributed by atoms with Crippen molar-refractivity contribution >= 4 is 34.8 Å². The standard InChI is InChI=1S/C29H29ClN2O5/c1-32-20-8-5-10-22(33)28(20)27(29-21(32)9-6-11-23(29)34)18-15-17(30)13-14-24(18)37-16-26(35)31-19-7-3-4-12-25(19)36-2/h3-4,7,12-15,27H,5-6,8-11,16H2,1-2H3,(H,31,35). The smallest absolute Gasteiger partial charge is 0.262 e. The van der Waals surface area contributed by atoms with Gasteiger partial charge in [0.2, 0.25) is 0 Å². The molecule has 0 saturated carbocycles. The molecule has 1 amide bonds. The molecule has 3 aliphatic rings. The second-order valence-electron chi connectivity index (χ2n) is 9.49. The molecule has 0 fully saturated rings. The maximum absolute atomic E-state index is 13.3. The average molecular weight is 521 g/mol. The lowest BCUT2D eigenvalue weighted by atomic mass is 9.71. The number of benzene rings is 2. The predicted octanol–water partition coefficient (Wildman–Crippen LogP) is 5.41. The Kier molecular flexibility index (Phi) is 7.07. The van der Waals surface area contributed by atoms with Gasteiger partial charge in [0.15, 0.2) is 18.2 Å². The topological polar surface area (TPSA) is 84.9 Å². The monoisotopic (exact) mass is 520 g/mol. The molecule has 1 aliphatic heterocycles. The van der Waals surface area contributed by atoms with E-state index in [0.717, 1.165) is 37.1 Å². The van der Waals surface area contributed by atoms with Crippen molar-refractivity contribution < 1.29 is 23.9 Å². The molecule has 0 spiro atoms. The van der Waals surface area contributed by atoms with Gasteiger partial charge in [-0.1, -0.05) is 23.7 Å². The number of carbonyl (C=O) groups is 3. The Balaban J connectivity index is 1.51. The number of carbonyl (C=O) groups excluding carboxylic acids is 3. The molecule has 192 valence electrons. The molecule has 5 rings (SSSR count). The number of nitrogens with one attached hydrogen (secondary N) is 1. The Morgan fingerprint density at radius 1 is 0.973 bits per heavy atom. The first kappa shape index (κ1) is 25.1. The first-order chi connectivity index (χ1) is 17.9. The van der Waals surface area contributed by atoms with Gasteiger partial charge in [0, 0.05) is 58.9 Å². The van der Waals surface area contributed by atoms with Crippen molar-refractivity contribution in [1.82, 2.24) is 4.90 Å². The number of Topliss-reactive ketones (excluding diaryl/α,β-unsaturated/α-hetero) is 2. The van der Waals surface area contributed by atoms with Crippen LogP contribution in [0.3, 0.4) is 0 Å². The number of halogens is 1. The van der Waals surface area contributed by atoms with Crippen LogP contribution in [0, 0.1) is 0 Å². The summed E-state index contributed by atoms with van der Waals surface area (Å²) in [6.07, 6.45) is 4.00. The third-order valence-electron chi connectivity index (χ3n) is 7.27. The number of rotatable bonds is 6. The Labute approximate surface area is 221 Å². The number of para-hydroxylation sites is 2. The summed E-state index contributed by atoms with van der Waals surface area (Å²) in [5, 5.41) is 3.27. The van der Waals surface area contributed by atoms with Crippen LogP contribution in [0.4, 0.5) is 5.69 Å². The van der Waals surface area contributed by atoms with E-state index in [2.05, 4.69) is 10.2 Å². The van der Waals surface area contributed by atoms with Crippen molar-refractivity contribution in [3.63, 3.8) is 0 Å². The van der Waals surface area contributed by atoms with Crippen molar-refractivity contribution in [2.24, 2.45) is 0 Å². The fourth-order valence-corrected chi connectivity index (χ4v) is 5.80. The van der Waals surface area contributed by atoms with Crippen LogP contribution in [0.2, 0.25) is 5.02 Å². The van der Waals surface area contributed by atoms with Gasteiger partial charge in [0.05, 0.1) is 12.8 Å². The van der Waals surface area contributed by atoms with E-state index >= 15 is 0 Å². The Hall–Kier alpha value is -3.58. The highest BCUT2D eigenvalue weighted by Crippen LogP contribution is 2.50. The van der Waals surface area contributed by atoms with Gasteiger partial charge in [-0.05, 0) is 56.0 Å². The fraction of sp³-hybridized carbons (Fsp3) is 0.345. The molecule has 2 aromatic carbocycles. The average Bonchev–Trinajstić information content (AvgIpc) is 2.89. The van der Waals surface area contributed by atoms with Crippen molar-refractivity contribution in [2.45, 2.75) is 44.4 Å². The van der Waals surface area contributed by atoms with Crippen LogP contribution in [0.1, 0.15) is 50.0 Å². The minimum absolute atomic E-state index is 0.0443. The molecular formula is C29H29ClN2O5. The largest absolute Gasteiger partial charge is 0.495 e. The maximum atomic E-state index is 13.3. The van der Waals surface area contributed by atoms with Crippen molar-refractivity contribution in [1.29, 1.82) is 0 Å². The summed E-state index contributed by atoms with van der Waals surface area (Å²) in [6.45, 7) is -0.265. The summed E-state index contributed by atoms with van der Waals surface area (Å²) in [4.78, 5) is 41.4. The molecule has 0 radical (unpaired) electrons. The number of amides is 1. The van der Waals surface area contributed by atoms with Crippen LogP contribution in [-0.2, 0) is 14.4 Å². The summed E-state index contributed by atoms with van der Waals surface area (Å²) >= 11 is 6.43. The number of nitrogens with zero attached hydrogens (tertiary/aromatic N) is 1. The molecule has 8 heteroatoms. The number of allylic oxidation sites excluding steroid dienone is 4. The van der Waals surface area contributed by atoms with Crippen LogP contribution in [0.25, 0.3) is 0 Å². The van der Waals surface area contributed by atoms with Gasteiger partial charge in [0.25, 0.3) is 5.91 Å². The first-order valence-electron chi connectivity index (χ1n) is 12.5. The van der Waals surface area contributed by atoms with Gasteiger partial charge in [-0.25, -0.2) is 0 Å². The van der Waals surface area contributed by atoms with Gasteiger partial charge in [0.1, 0.15) is 11.5 Å². The van der Waals surface area contributed by atoms with Crippen molar-refractivity contribution in [2.75, 3.05) is 26.1 Å². The van der Waals surface area contributed by atoms with Gasteiger partial charge in [-0.3, -0.25) is 14.4 Å². The first-order valence-corrected chi connectivity index (χ1v) is 12.9. The molecule has 37 heavy (non-hydrogen) atoms. The Morgan fingerprint density at radius 3 is 2.27 bits per heavy atom. The zero-order valence-electron chi connectivity index (χ0n) is 20.9. The van der Waals surface area contributed by atoms with Crippen molar-refractivity contribution in [3.8, 4) is 11.5 Å². The molecule has 0 bridgehead atoms. The zero-order valence-corrected chi connectivity index (χ0v) is 21.7. The lowest BCUT2D eigenvalue weighted by Crippen LogP contribution is -2.37. The van der Waals surface area contributed by atoms with Gasteiger partial charge >= 0.3 is 0 Å². The lowest BCUT2D eigenvalue weighted by molar-refractivity contribution is -0.119. The number of anilines is 1. The zero-order chi connectivity index (χ0) is 26.1. The number of hydrogen-bond acceptors (Lipinski definition) is 6. The minimum atomic E-state index is -0.562. The number of ether oxygens (including phenoxy) is 2. The second kappa shape index (κ2) is 10.4. The molecule has 1 N–H and O–H groups in total. The predicted molar refractivity (Wildman–Crippen MR) is 141 cm³/mol. The molecule has 2 aliphatic carbocycles. The van der Waals surface area contributed by atoms with Crippen LogP contribution >= 0.6 is 11.6 Å². The number of hydrogen-bond donors (Lipinski definition) is 1. The number of methoxy groups -OCH3 is 1. The third-order valence-corrected chi connectivity index (χ3v) is 7.50. The Bertz CT molecular complexity index is 1300. The molecule has 2 aromatic rings. The van der Waals surface area contributed by atoms with E-state index in [1.54, 1.807) is 36.4 Å². The lowest BCUT2D eigenvalue weighted by Gasteiger charge is -2.42. The fourth-order valence-electron chi connectivity index (χ4n) is 5.62. The highest BCUT2D eigenvalue weighted by molar-refractivity contribution is 6.30. The van der Waals surface area contributed by atoms with Gasteiger partial charge in [-0.2, -0.15) is 0 Å². The van der Waals surface area contributed by atoms with E-state index in [4.69, 9.17) is 21.1 Å². The molecule has 0 unspecified atom stereocenters. The molecular weight excluding hydrogens is 492 g/mol. The van der Waals surface area contributed by atoms with E-state index in [1.807, 2.05) is 13.1 Å². The van der Waals surface area contributed by atoms with E-state index in [1.165, 1.54) is 7.11 Å². The normalized spacial score (nSPS) is 18.0. The summed E-state index contributed by atoms with van der Waals surface area (Å²) < 4.78 is 11.3. The second-order valence-corrected chi connectivity index (χ2v) is 9.92. The molecule has 0 atom stereocenters. The molecule has 0 saturated heterocycles. The van der Waals surface area contributed by atoms with Crippen LogP contribution in [-0.4, -0.2) is 43.1 Å². The van der Waals surface area contributed by atoms with E-state index in [-0.39, 0.29) is 24.1 Å². The number of ketones is 2. The third kappa shape index (κ3) is 4.76. The van der Waals surface area contributed by atoms with Crippen molar-refractivity contribution in [3.05, 3.63) is 75.6 Å². The summed E-state index contributed by atoms with van der Waals surface area (Å²) in [6, 6.07) is 12.3. The summed E-state index contributed by atoms with van der Waals surface area (Å²) in [5.74, 6) is 0.124. The van der Waals surface area contributed by atoms with Gasteiger partial charge < -0.3 is 19.7 Å². The molecule has 1 heterocycles. The van der Waals surface area contributed by atoms with E-state index < -0.39 is 5.92 Å². The Morgan fingerprint density at radius 2 is 1.62 bits per heavy atom. The van der Waals surface area contributed by atoms with Crippen LogP contribution in [0.5, 0.6) is 11.5 Å². The summed E-state index contributed by atoms with van der Waals surface area (Å²) in [7, 11) is 3.49. The maximum Gasteiger partial charge on any atom is 0.262 e. The van der Waals surface area contributed by atoms with Gasteiger partial charge in [-0.15, -0.1) is 0 Å². The molecule has 7 nitrogen and oxygen atoms in total. The SMILES string of the molecule is COc1ccccc1NC(=O)COc1ccc(Cl)cc1C1C2=C(CCCC2=O)N(C)C2=C1C(=O)CCC2. The summed E-state index contributed by atoms with van der Waals surface area (Å²) in [5.41, 5.74) is 4.40. The highest BCUT2D eigenvalue weighted by atomic mass is 35.5. The molecule has 0 aromatic heterocycles. The van der Waals surface area contributed by atoms with E-state index in [0.29, 0.717) is 51.8 Å². The minimum Gasteiger partial charge on any atom is -0.495 e. The highest BCUT2D eigenvalue weighted by Gasteiger charge is 2.43.